The zero-order valence-electron chi connectivity index (χ0n) is 21.2. The van der Waals surface area contributed by atoms with Gasteiger partial charge in [-0.25, -0.2) is 4.39 Å². The predicted molar refractivity (Wildman–Crippen MR) is 129 cm³/mol. The van der Waals surface area contributed by atoms with Gasteiger partial charge in [0.25, 0.3) is 0 Å². The molecule has 1 aliphatic heterocycles. The van der Waals surface area contributed by atoms with Crippen LogP contribution in [0.3, 0.4) is 0 Å². The molecule has 2 aliphatic carbocycles. The zero-order valence-corrected chi connectivity index (χ0v) is 21.2. The molecule has 39 heavy (non-hydrogen) atoms. The summed E-state index contributed by atoms with van der Waals surface area (Å²) in [7, 11) is 0. The molecule has 1 unspecified atom stereocenters. The quantitative estimate of drug-likeness (QED) is 0.355. The molecule has 2 fully saturated rings. The summed E-state index contributed by atoms with van der Waals surface area (Å²) in [4.78, 5) is 14.0. The fourth-order valence-electron chi connectivity index (χ4n) is 6.36. The molecule has 3 aliphatic rings. The molecule has 1 saturated heterocycles. The van der Waals surface area contributed by atoms with Gasteiger partial charge in [-0.05, 0) is 79.5 Å². The van der Waals surface area contributed by atoms with Crippen molar-refractivity contribution in [2.24, 2.45) is 11.8 Å². The van der Waals surface area contributed by atoms with Crippen molar-refractivity contribution < 1.29 is 40.3 Å². The van der Waals surface area contributed by atoms with Crippen LogP contribution < -0.4 is 0 Å². The Morgan fingerprint density at radius 2 is 1.54 bits per heavy atom. The smallest absolute Gasteiger partial charge is 0.374 e. The van der Waals surface area contributed by atoms with Gasteiger partial charge in [-0.2, -0.15) is 26.3 Å². The van der Waals surface area contributed by atoms with E-state index in [1.165, 1.54) is 19.1 Å². The van der Waals surface area contributed by atoms with Gasteiger partial charge in [-0.15, -0.1) is 0 Å². The highest BCUT2D eigenvalue weighted by atomic mass is 19.4. The van der Waals surface area contributed by atoms with E-state index >= 15 is 0 Å². The Hall–Kier alpha value is -2.88. The normalized spacial score (nSPS) is 26.5. The first-order chi connectivity index (χ1) is 18.3. The number of alkyl halides is 6. The lowest BCUT2D eigenvalue weighted by Gasteiger charge is -2.41. The van der Waals surface area contributed by atoms with E-state index in [0.29, 0.717) is 37.9 Å². The van der Waals surface area contributed by atoms with Gasteiger partial charge in [-0.3, -0.25) is 4.79 Å². The number of hydrogen-bond donors (Lipinski definition) is 0. The van der Waals surface area contributed by atoms with Crippen molar-refractivity contribution in [2.75, 3.05) is 13.1 Å². The number of likely N-dealkylation sites (tertiary alicyclic amines) is 1. The third-order valence-corrected chi connectivity index (χ3v) is 8.25. The molecule has 0 bridgehead atoms. The Labute approximate surface area is 221 Å². The highest BCUT2D eigenvalue weighted by Crippen LogP contribution is 2.49. The molecular weight excluding hydrogens is 527 g/mol. The predicted octanol–water partition coefficient (Wildman–Crippen LogP) is 7.68. The van der Waals surface area contributed by atoms with Crippen LogP contribution in [0.25, 0.3) is 0 Å². The number of halogens is 7. The second-order valence-corrected chi connectivity index (χ2v) is 10.7. The maximum absolute atomic E-state index is 13.8. The number of ketones is 1. The summed E-state index contributed by atoms with van der Waals surface area (Å²) in [5.41, 5.74) is -1.18. The molecule has 0 spiro atoms. The average molecular weight is 556 g/mol. The fourth-order valence-corrected chi connectivity index (χ4v) is 6.36. The lowest BCUT2D eigenvalue weighted by molar-refractivity contribution is -0.143. The van der Waals surface area contributed by atoms with Crippen LogP contribution in [0.15, 0.2) is 54.2 Å². The van der Waals surface area contributed by atoms with E-state index in [0.717, 1.165) is 24.2 Å². The van der Waals surface area contributed by atoms with Crippen molar-refractivity contribution in [3.8, 4) is 0 Å². The van der Waals surface area contributed by atoms with Gasteiger partial charge in [0.1, 0.15) is 5.82 Å². The first kappa shape index (κ1) is 27.7. The van der Waals surface area contributed by atoms with Crippen LogP contribution in [-0.4, -0.2) is 29.9 Å². The van der Waals surface area contributed by atoms with Gasteiger partial charge in [0, 0.05) is 37.2 Å². The molecule has 0 N–H and O–H groups in total. The largest absolute Gasteiger partial charge is 0.416 e. The third kappa shape index (κ3) is 5.85. The van der Waals surface area contributed by atoms with E-state index in [1.807, 2.05) is 0 Å². The molecule has 0 aromatic heterocycles. The number of ether oxygens (including phenoxy) is 1. The molecule has 1 saturated carbocycles. The van der Waals surface area contributed by atoms with Gasteiger partial charge < -0.3 is 9.64 Å². The minimum absolute atomic E-state index is 0.0604. The molecule has 5 atom stereocenters. The van der Waals surface area contributed by atoms with Crippen molar-refractivity contribution >= 4 is 5.78 Å². The molecule has 0 amide bonds. The lowest BCUT2D eigenvalue weighted by Crippen LogP contribution is -2.38. The summed E-state index contributed by atoms with van der Waals surface area (Å²) in [5, 5.41) is 0. The molecule has 3 nitrogen and oxygen atoms in total. The molecular formula is C29H28F7NO2. The zero-order chi connectivity index (χ0) is 28.1. The van der Waals surface area contributed by atoms with E-state index in [4.69, 9.17) is 4.74 Å². The van der Waals surface area contributed by atoms with Gasteiger partial charge in [0.05, 0.1) is 23.3 Å². The van der Waals surface area contributed by atoms with E-state index < -0.39 is 41.5 Å². The molecule has 0 radical (unpaired) electrons. The second kappa shape index (κ2) is 10.3. The number of benzene rings is 2. The molecule has 210 valence electrons. The number of allylic oxidation sites excluding steroid dienone is 2. The second-order valence-electron chi connectivity index (χ2n) is 10.7. The van der Waals surface area contributed by atoms with Crippen molar-refractivity contribution in [1.29, 1.82) is 0 Å². The summed E-state index contributed by atoms with van der Waals surface area (Å²) < 4.78 is 101. The monoisotopic (exact) mass is 555 g/mol. The van der Waals surface area contributed by atoms with Gasteiger partial charge in [0.2, 0.25) is 0 Å². The van der Waals surface area contributed by atoms with E-state index in [2.05, 4.69) is 4.90 Å². The molecule has 5 rings (SSSR count). The van der Waals surface area contributed by atoms with Crippen LogP contribution in [0.2, 0.25) is 0 Å². The van der Waals surface area contributed by atoms with Gasteiger partial charge in [-0.1, -0.05) is 12.1 Å². The lowest BCUT2D eigenvalue weighted by atomic mass is 9.69. The van der Waals surface area contributed by atoms with Crippen molar-refractivity contribution in [2.45, 2.75) is 63.1 Å². The Morgan fingerprint density at radius 1 is 0.897 bits per heavy atom. The number of nitrogens with zero attached hydrogens (tertiary/aromatic N) is 1. The first-order valence-corrected chi connectivity index (χ1v) is 13.0. The Kier molecular flexibility index (Phi) is 7.28. The van der Waals surface area contributed by atoms with Crippen LogP contribution in [0.4, 0.5) is 30.7 Å². The number of hydrogen-bond acceptors (Lipinski definition) is 3. The van der Waals surface area contributed by atoms with E-state index in [-0.39, 0.29) is 35.2 Å². The maximum atomic E-state index is 13.8. The number of rotatable bonds is 5. The van der Waals surface area contributed by atoms with Crippen molar-refractivity contribution in [1.82, 2.24) is 4.90 Å². The molecule has 1 heterocycles. The van der Waals surface area contributed by atoms with E-state index in [9.17, 15) is 35.5 Å². The summed E-state index contributed by atoms with van der Waals surface area (Å²) in [6, 6.07) is 7.53. The minimum atomic E-state index is -4.95. The third-order valence-electron chi connectivity index (χ3n) is 8.25. The maximum Gasteiger partial charge on any atom is 0.416 e. The van der Waals surface area contributed by atoms with Crippen LogP contribution in [-0.2, 0) is 21.9 Å². The Bertz CT molecular complexity index is 1220. The average Bonchev–Trinajstić information content (AvgIpc) is 3.49. The highest BCUT2D eigenvalue weighted by molar-refractivity contribution is 5.92. The first-order valence-electron chi connectivity index (χ1n) is 13.0. The standard InChI is InChI=1S/C29H28F7NO2/c1-16(19-10-20(28(31,32)33)12-21(11-19)29(34,35)36)39-26-9-4-18-14-37(23-7-8-24(38)13-23)15-25(18)27(26)17-2-5-22(30)6-3-17/h2-3,5-6,10-13,16,18,25-27H,4,7-9,14-15H2,1H3/t16-,18-,25-,26?,27+/m1/s1. The van der Waals surface area contributed by atoms with Crippen LogP contribution in [0.1, 0.15) is 66.9 Å². The van der Waals surface area contributed by atoms with Gasteiger partial charge in [0.15, 0.2) is 5.78 Å². The summed E-state index contributed by atoms with van der Waals surface area (Å²) in [5.74, 6) is -0.252. The fraction of sp³-hybridized carbons (Fsp3) is 0.483. The van der Waals surface area contributed by atoms with Crippen molar-refractivity contribution in [3.63, 3.8) is 0 Å². The summed E-state index contributed by atoms with van der Waals surface area (Å²) in [6.45, 7) is 2.85. The van der Waals surface area contributed by atoms with E-state index in [1.54, 1.807) is 18.2 Å². The Balaban J connectivity index is 1.45. The van der Waals surface area contributed by atoms with Crippen LogP contribution >= 0.6 is 0 Å². The molecule has 2 aromatic carbocycles. The van der Waals surface area contributed by atoms with Crippen LogP contribution in [0, 0.1) is 17.7 Å². The number of fused-ring (bicyclic) bond motifs is 1. The minimum Gasteiger partial charge on any atom is -0.374 e. The molecule has 10 heteroatoms. The SMILES string of the molecule is C[C@@H](OC1CC[C@@H]2CN(C3=CC(=O)CC3)C[C@H]2[C@@H]1c1ccc(F)cc1)c1cc(C(F)(F)F)cc(C(F)(F)F)c1. The number of carbonyl (C=O) groups excluding carboxylic acids is 1. The topological polar surface area (TPSA) is 29.5 Å². The van der Waals surface area contributed by atoms with Gasteiger partial charge >= 0.3 is 12.4 Å². The van der Waals surface area contributed by atoms with Crippen LogP contribution in [0.5, 0.6) is 0 Å². The van der Waals surface area contributed by atoms with Crippen molar-refractivity contribution in [3.05, 3.63) is 82.3 Å². The Morgan fingerprint density at radius 3 is 2.10 bits per heavy atom. The number of carbonyl (C=O) groups is 1. The summed E-state index contributed by atoms with van der Waals surface area (Å²) in [6.07, 6.45) is -7.33. The molecule has 2 aromatic rings. The highest BCUT2D eigenvalue weighted by Gasteiger charge is 2.47. The summed E-state index contributed by atoms with van der Waals surface area (Å²) >= 11 is 0.